The van der Waals surface area contributed by atoms with Gasteiger partial charge in [-0.2, -0.15) is 0 Å². The van der Waals surface area contributed by atoms with Crippen LogP contribution in [0.3, 0.4) is 0 Å². The van der Waals surface area contributed by atoms with E-state index in [0.29, 0.717) is 0 Å². The third-order valence-electron chi connectivity index (χ3n) is 5.09. The summed E-state index contributed by atoms with van der Waals surface area (Å²) in [5.74, 6) is 0. The molecular weight excluding hydrogens is 377 g/mol. The maximum atomic E-state index is 7.07. The average molecular weight is 404 g/mol. The summed E-state index contributed by atoms with van der Waals surface area (Å²) in [6.45, 7) is 11.3. The van der Waals surface area contributed by atoms with Gasteiger partial charge < -0.3 is 0 Å². The van der Waals surface area contributed by atoms with E-state index < -0.39 is 11.5 Å². The summed E-state index contributed by atoms with van der Waals surface area (Å²) in [6, 6.07) is 10.6. The first-order valence-corrected chi connectivity index (χ1v) is 13.2. The van der Waals surface area contributed by atoms with E-state index in [4.69, 9.17) is 20.1 Å². The number of hydrogen-bond acceptors (Lipinski definition) is 1. The molecule has 2 aliphatic rings. The molecule has 24 heavy (non-hydrogen) atoms. The topological polar surface area (TPSA) is 3.01 Å². The summed E-state index contributed by atoms with van der Waals surface area (Å²) in [5.41, 5.74) is 2.76. The Morgan fingerprint density at radius 2 is 1.71 bits per heavy atom. The molecule has 1 aromatic rings. The molecule has 0 radical (unpaired) electrons. The molecule has 0 saturated carbocycles. The molecule has 1 aliphatic carbocycles. The molecule has 1 aliphatic heterocycles. The van der Waals surface area contributed by atoms with Crippen LogP contribution in [-0.4, -0.2) is 9.42 Å². The molecule has 132 valence electrons. The van der Waals surface area contributed by atoms with Crippen molar-refractivity contribution < 1.29 is 11.5 Å². The molecule has 1 heterocycles. The molecule has 1 aromatic carbocycles. The minimum atomic E-state index is -2.79. The molecule has 0 bridgehead atoms. The van der Waals surface area contributed by atoms with Crippen molar-refractivity contribution in [3.05, 3.63) is 59.7 Å². The van der Waals surface area contributed by atoms with Crippen molar-refractivity contribution in [1.82, 2.24) is 3.88 Å². The number of hydrogen-bond donors (Lipinski definition) is 0. The van der Waals surface area contributed by atoms with Crippen LogP contribution in [0.5, 0.6) is 0 Å². The molecule has 1 nitrogen and oxygen atoms in total. The third-order valence-corrected chi connectivity index (χ3v) is 12.3. The van der Waals surface area contributed by atoms with Gasteiger partial charge in [-0.15, -0.1) is 0 Å². The van der Waals surface area contributed by atoms with E-state index in [0.717, 1.165) is 12.8 Å². The fourth-order valence-electron chi connectivity index (χ4n) is 4.04. The van der Waals surface area contributed by atoms with Crippen LogP contribution >= 0.6 is 20.1 Å². The molecule has 2 atom stereocenters. The Hall–Kier alpha value is -0.228. The summed E-state index contributed by atoms with van der Waals surface area (Å²) in [5, 5.41) is 0. The number of halogens is 2. The quantitative estimate of drug-likeness (QED) is 0.509. The number of allylic oxidation sites excluding steroid dienone is 4. The number of nitrogens with zero attached hydrogens (tertiary/aromatic N) is 1. The van der Waals surface area contributed by atoms with Gasteiger partial charge in [-0.05, 0) is 0 Å². The van der Waals surface area contributed by atoms with Crippen molar-refractivity contribution in [2.45, 2.75) is 57.4 Å². The van der Waals surface area contributed by atoms with Gasteiger partial charge in [0.25, 0.3) is 0 Å². The Labute approximate surface area is 157 Å². The molecule has 0 N–H and O–H groups in total. The van der Waals surface area contributed by atoms with Crippen molar-refractivity contribution in [1.29, 1.82) is 0 Å². The first kappa shape index (κ1) is 18.6. The van der Waals surface area contributed by atoms with Gasteiger partial charge in [0.2, 0.25) is 0 Å². The van der Waals surface area contributed by atoms with Crippen LogP contribution < -0.4 is 0 Å². The van der Waals surface area contributed by atoms with E-state index >= 15 is 0 Å². The standard InChI is InChI=1S/C20H27N.2ClH.Cr/c1-19(2,3)21-18(16-11-7-6-8-12-16)15-20(4,5)17-13-9-10-14-17;;;/h6-13H,14-15H2,1-5H3;2*1H;/q-1;;;+3/p-2. The predicted molar refractivity (Wildman–Crippen MR) is 102 cm³/mol. The monoisotopic (exact) mass is 403 g/mol. The molecule has 3 rings (SSSR count). The third kappa shape index (κ3) is 2.81. The minimum absolute atomic E-state index is 0.0439. The molecule has 2 unspecified atom stereocenters. The second-order valence-electron chi connectivity index (χ2n) is 8.44. The maximum absolute atomic E-state index is 7.07. The fraction of sp³-hybridized carbons (Fsp3) is 0.500. The average Bonchev–Trinajstić information content (AvgIpc) is 2.85. The van der Waals surface area contributed by atoms with Crippen molar-refractivity contribution >= 4 is 20.1 Å². The van der Waals surface area contributed by atoms with Crippen LogP contribution in [0, 0.1) is 5.41 Å². The molecule has 0 spiro atoms. The van der Waals surface area contributed by atoms with Gasteiger partial charge in [-0.1, -0.05) is 0 Å². The van der Waals surface area contributed by atoms with Gasteiger partial charge in [-0.3, -0.25) is 0 Å². The summed E-state index contributed by atoms with van der Waals surface area (Å²) >= 11 is -2.79. The van der Waals surface area contributed by atoms with Gasteiger partial charge in [0.05, 0.1) is 0 Å². The van der Waals surface area contributed by atoms with E-state index in [2.05, 4.69) is 87.1 Å². The van der Waals surface area contributed by atoms with Crippen LogP contribution in [0.2, 0.25) is 0 Å². The Bertz CT molecular complexity index is 685. The zero-order valence-corrected chi connectivity index (χ0v) is 17.9. The Balaban J connectivity index is 2.06. The molecule has 1 saturated heterocycles. The van der Waals surface area contributed by atoms with Gasteiger partial charge in [0.1, 0.15) is 0 Å². The van der Waals surface area contributed by atoms with Crippen molar-refractivity contribution in [3.63, 3.8) is 0 Å². The first-order chi connectivity index (χ1) is 11.0. The number of rotatable bonds is 4. The zero-order valence-electron chi connectivity index (χ0n) is 15.1. The summed E-state index contributed by atoms with van der Waals surface area (Å²) in [7, 11) is 14.1. The van der Waals surface area contributed by atoms with Crippen LogP contribution in [0.25, 0.3) is 0 Å². The second kappa shape index (κ2) is 5.90. The Kier molecular flexibility index (Phi) is 4.56. The van der Waals surface area contributed by atoms with Gasteiger partial charge in [-0.25, -0.2) is 0 Å². The second-order valence-corrected chi connectivity index (χ2v) is 15.8. The van der Waals surface area contributed by atoms with Gasteiger partial charge >= 0.3 is 158 Å². The van der Waals surface area contributed by atoms with Gasteiger partial charge in [0, 0.05) is 0 Å². The molecular formula is C20H27Cl2CrN. The number of benzene rings is 1. The fourth-order valence-corrected chi connectivity index (χ4v) is 13.3. The summed E-state index contributed by atoms with van der Waals surface area (Å²) in [6.07, 6.45) is 8.65. The first-order valence-electron chi connectivity index (χ1n) is 8.48. The van der Waals surface area contributed by atoms with Crippen molar-refractivity contribution in [2.24, 2.45) is 5.41 Å². The summed E-state index contributed by atoms with van der Waals surface area (Å²) in [4.78, 5) is 0. The van der Waals surface area contributed by atoms with E-state index in [-0.39, 0.29) is 15.4 Å². The SMILES string of the molecule is CC(C)(C[C]1(c2ccccc2)[N](C(C)(C)C)[Cr]1([Cl])[Cl])C1=CC=CC1. The predicted octanol–water partition coefficient (Wildman–Crippen LogP) is 6.63. The Morgan fingerprint density at radius 1 is 1.08 bits per heavy atom. The zero-order chi connectivity index (χ0) is 17.8. The molecule has 0 aromatic heterocycles. The van der Waals surface area contributed by atoms with E-state index in [1.165, 1.54) is 11.1 Å². The van der Waals surface area contributed by atoms with Crippen LogP contribution in [0.15, 0.2) is 54.1 Å². The normalized spacial score (nSPS) is 30.1. The van der Waals surface area contributed by atoms with Crippen LogP contribution in [0.1, 0.15) is 53.0 Å². The van der Waals surface area contributed by atoms with Crippen molar-refractivity contribution in [2.75, 3.05) is 0 Å². The molecule has 0 amide bonds. The van der Waals surface area contributed by atoms with Crippen LogP contribution in [-0.2, 0) is 15.9 Å². The van der Waals surface area contributed by atoms with E-state index in [1.54, 1.807) is 0 Å². The van der Waals surface area contributed by atoms with Crippen LogP contribution in [0.4, 0.5) is 0 Å². The van der Waals surface area contributed by atoms with Gasteiger partial charge in [0.15, 0.2) is 0 Å². The Morgan fingerprint density at radius 3 is 2.17 bits per heavy atom. The molecule has 4 heteroatoms. The van der Waals surface area contributed by atoms with Crippen molar-refractivity contribution in [3.8, 4) is 0 Å². The van der Waals surface area contributed by atoms with E-state index in [1.807, 2.05) is 0 Å². The van der Waals surface area contributed by atoms with E-state index in [9.17, 15) is 0 Å². The summed E-state index contributed by atoms with van der Waals surface area (Å²) < 4.78 is 2.20. The molecule has 1 fully saturated rings.